The number of pyridine rings is 1. The van der Waals surface area contributed by atoms with E-state index in [9.17, 15) is 9.59 Å². The predicted molar refractivity (Wildman–Crippen MR) is 147 cm³/mol. The standard InChI is InChI=1S/C29H29N7O4/c1-2-39-22-10-11-24-21(17-22)18-23(28(37)30-24)26(27-31-32-33-36(27)19-20-7-4-3-5-8-20)34-12-14-35(15-13-34)29(38)25-9-6-16-40-25/h3-11,16-18,26H,2,12-15,19H2,1H3,(H,30,37)/t26-/m1/s1. The minimum Gasteiger partial charge on any atom is -0.494 e. The van der Waals surface area contributed by atoms with E-state index in [1.54, 1.807) is 21.7 Å². The quantitative estimate of drug-likeness (QED) is 0.319. The molecule has 4 heterocycles. The summed E-state index contributed by atoms with van der Waals surface area (Å²) < 4.78 is 12.8. The third-order valence-electron chi connectivity index (χ3n) is 7.13. The van der Waals surface area contributed by atoms with Crippen molar-refractivity contribution >= 4 is 16.8 Å². The van der Waals surface area contributed by atoms with Crippen LogP contribution in [0.25, 0.3) is 10.9 Å². The summed E-state index contributed by atoms with van der Waals surface area (Å²) in [5.74, 6) is 1.44. The van der Waals surface area contributed by atoms with Gasteiger partial charge in [-0.05, 0) is 59.3 Å². The number of nitrogens with zero attached hydrogens (tertiary/aromatic N) is 6. The molecule has 1 atom stereocenters. The Labute approximate surface area is 230 Å². The van der Waals surface area contributed by atoms with Crippen molar-refractivity contribution in [1.82, 2.24) is 35.0 Å². The van der Waals surface area contributed by atoms with Crippen LogP contribution in [0.15, 0.2) is 82.2 Å². The Hall–Kier alpha value is -4.77. The molecule has 1 amide bonds. The van der Waals surface area contributed by atoms with Crippen LogP contribution in [0, 0.1) is 0 Å². The highest BCUT2D eigenvalue weighted by Crippen LogP contribution is 2.29. The number of amides is 1. The average molecular weight is 540 g/mol. The molecule has 5 aromatic rings. The molecule has 11 heteroatoms. The Morgan fingerprint density at radius 3 is 2.62 bits per heavy atom. The maximum atomic E-state index is 13.6. The Kier molecular flexibility index (Phi) is 7.11. The molecular formula is C29H29N7O4. The van der Waals surface area contributed by atoms with Gasteiger partial charge in [-0.3, -0.25) is 14.5 Å². The molecule has 0 radical (unpaired) electrons. The van der Waals surface area contributed by atoms with E-state index in [4.69, 9.17) is 9.15 Å². The molecule has 0 saturated carbocycles. The number of furan rings is 1. The molecule has 11 nitrogen and oxygen atoms in total. The fraction of sp³-hybridized carbons (Fsp3) is 0.276. The number of carbonyl (C=O) groups is 1. The molecule has 1 aliphatic heterocycles. The number of tetrazole rings is 1. The molecule has 0 spiro atoms. The van der Waals surface area contributed by atoms with Crippen LogP contribution in [0.1, 0.15) is 40.5 Å². The molecule has 1 aliphatic rings. The zero-order valence-electron chi connectivity index (χ0n) is 22.1. The van der Waals surface area contributed by atoms with Crippen LogP contribution in [0.3, 0.4) is 0 Å². The number of aromatic amines is 1. The van der Waals surface area contributed by atoms with Crippen LogP contribution < -0.4 is 10.3 Å². The number of ether oxygens (including phenoxy) is 1. The van der Waals surface area contributed by atoms with E-state index in [2.05, 4.69) is 25.4 Å². The molecule has 40 heavy (non-hydrogen) atoms. The lowest BCUT2D eigenvalue weighted by Crippen LogP contribution is -2.50. The number of hydrogen-bond acceptors (Lipinski definition) is 8. The summed E-state index contributed by atoms with van der Waals surface area (Å²) >= 11 is 0. The van der Waals surface area contributed by atoms with Gasteiger partial charge in [-0.1, -0.05) is 30.3 Å². The van der Waals surface area contributed by atoms with E-state index in [-0.39, 0.29) is 11.5 Å². The van der Waals surface area contributed by atoms with E-state index in [1.807, 2.05) is 61.5 Å². The van der Waals surface area contributed by atoms with Crippen LogP contribution in [0.4, 0.5) is 0 Å². The van der Waals surface area contributed by atoms with E-state index in [0.717, 1.165) is 16.7 Å². The molecule has 1 saturated heterocycles. The van der Waals surface area contributed by atoms with E-state index < -0.39 is 6.04 Å². The van der Waals surface area contributed by atoms with Crippen molar-refractivity contribution in [2.45, 2.75) is 19.5 Å². The van der Waals surface area contributed by atoms with Gasteiger partial charge in [-0.2, -0.15) is 0 Å². The lowest BCUT2D eigenvalue weighted by Gasteiger charge is -2.38. The van der Waals surface area contributed by atoms with Crippen LogP contribution in [-0.4, -0.2) is 73.7 Å². The Balaban J connectivity index is 1.38. The van der Waals surface area contributed by atoms with Crippen LogP contribution in [-0.2, 0) is 6.54 Å². The highest BCUT2D eigenvalue weighted by atomic mass is 16.5. The van der Waals surface area contributed by atoms with Crippen LogP contribution in [0.5, 0.6) is 5.75 Å². The number of fused-ring (bicyclic) bond motifs is 1. The average Bonchev–Trinajstić information content (AvgIpc) is 3.68. The largest absolute Gasteiger partial charge is 0.494 e. The van der Waals surface area contributed by atoms with Crippen molar-refractivity contribution in [1.29, 1.82) is 0 Å². The first-order chi connectivity index (χ1) is 19.6. The maximum Gasteiger partial charge on any atom is 0.289 e. The number of rotatable bonds is 8. The lowest BCUT2D eigenvalue weighted by molar-refractivity contribution is 0.0558. The first-order valence-electron chi connectivity index (χ1n) is 13.3. The number of carbonyl (C=O) groups excluding carboxylic acids is 1. The van der Waals surface area contributed by atoms with Crippen molar-refractivity contribution in [3.63, 3.8) is 0 Å². The number of nitrogens with one attached hydrogen (secondary N) is 1. The predicted octanol–water partition coefficient (Wildman–Crippen LogP) is 3.10. The summed E-state index contributed by atoms with van der Waals surface area (Å²) in [7, 11) is 0. The number of piperazine rings is 1. The monoisotopic (exact) mass is 539 g/mol. The van der Waals surface area contributed by atoms with Crippen LogP contribution in [0.2, 0.25) is 0 Å². The van der Waals surface area contributed by atoms with Crippen molar-refractivity contribution in [3.8, 4) is 5.75 Å². The molecule has 0 bridgehead atoms. The molecule has 6 rings (SSSR count). The second-order valence-corrected chi connectivity index (χ2v) is 9.62. The van der Waals surface area contributed by atoms with Gasteiger partial charge in [-0.25, -0.2) is 4.68 Å². The lowest BCUT2D eigenvalue weighted by atomic mass is 10.0. The highest BCUT2D eigenvalue weighted by Gasteiger charge is 2.34. The number of benzene rings is 2. The highest BCUT2D eigenvalue weighted by molar-refractivity contribution is 5.91. The smallest absolute Gasteiger partial charge is 0.289 e. The zero-order valence-corrected chi connectivity index (χ0v) is 22.1. The van der Waals surface area contributed by atoms with Crippen LogP contribution >= 0.6 is 0 Å². The van der Waals surface area contributed by atoms with E-state index in [1.165, 1.54) is 6.26 Å². The van der Waals surface area contributed by atoms with Gasteiger partial charge in [0.1, 0.15) is 11.8 Å². The van der Waals surface area contributed by atoms with Gasteiger partial charge in [0.25, 0.3) is 11.5 Å². The first-order valence-corrected chi connectivity index (χ1v) is 13.3. The Bertz CT molecular complexity index is 1660. The number of aromatic nitrogens is 5. The minimum absolute atomic E-state index is 0.151. The van der Waals surface area contributed by atoms with Gasteiger partial charge in [0.15, 0.2) is 11.6 Å². The summed E-state index contributed by atoms with van der Waals surface area (Å²) in [5.41, 5.74) is 2.06. The maximum absolute atomic E-state index is 13.6. The minimum atomic E-state index is -0.538. The van der Waals surface area contributed by atoms with Crippen molar-refractivity contribution in [3.05, 3.63) is 106 Å². The summed E-state index contributed by atoms with van der Waals surface area (Å²) in [6.07, 6.45) is 1.50. The van der Waals surface area contributed by atoms with Gasteiger partial charge in [-0.15, -0.1) is 5.10 Å². The molecule has 204 valence electrons. The number of hydrogen-bond donors (Lipinski definition) is 1. The fourth-order valence-electron chi connectivity index (χ4n) is 5.18. The summed E-state index contributed by atoms with van der Waals surface area (Å²) in [4.78, 5) is 33.4. The van der Waals surface area contributed by atoms with E-state index >= 15 is 0 Å². The van der Waals surface area contributed by atoms with Gasteiger partial charge in [0.2, 0.25) is 0 Å². The van der Waals surface area contributed by atoms with Crippen molar-refractivity contribution in [2.75, 3.05) is 32.8 Å². The van der Waals surface area contributed by atoms with Gasteiger partial charge in [0, 0.05) is 42.6 Å². The molecule has 2 aromatic carbocycles. The van der Waals surface area contributed by atoms with E-state index in [0.29, 0.717) is 62.0 Å². The summed E-state index contributed by atoms with van der Waals surface area (Å²) in [5, 5.41) is 13.5. The molecule has 1 N–H and O–H groups in total. The second-order valence-electron chi connectivity index (χ2n) is 9.62. The molecule has 0 aliphatic carbocycles. The SMILES string of the molecule is CCOc1ccc2[nH]c(=O)c([C@H](c3nnnn3Cc3ccccc3)N3CCN(C(=O)c4ccco4)CC3)cc2c1. The normalized spacial score (nSPS) is 14.9. The van der Waals surface area contributed by atoms with Crippen molar-refractivity contribution < 1.29 is 13.9 Å². The molecule has 3 aromatic heterocycles. The fourth-order valence-corrected chi connectivity index (χ4v) is 5.18. The molecular weight excluding hydrogens is 510 g/mol. The summed E-state index contributed by atoms with van der Waals surface area (Å²) in [6, 6.07) is 20.3. The molecule has 1 fully saturated rings. The zero-order chi connectivity index (χ0) is 27.5. The number of H-pyrrole nitrogens is 1. The Morgan fingerprint density at radius 2 is 1.88 bits per heavy atom. The first kappa shape index (κ1) is 25.5. The summed E-state index contributed by atoms with van der Waals surface area (Å²) in [6.45, 7) is 4.90. The Morgan fingerprint density at radius 1 is 1.05 bits per heavy atom. The molecule has 0 unspecified atom stereocenters. The van der Waals surface area contributed by atoms with Gasteiger partial charge < -0.3 is 19.0 Å². The third-order valence-corrected chi connectivity index (χ3v) is 7.13. The van der Waals surface area contributed by atoms with Crippen molar-refractivity contribution in [2.24, 2.45) is 0 Å². The third kappa shape index (κ3) is 5.10. The second kappa shape index (κ2) is 11.1. The topological polar surface area (TPSA) is 122 Å². The van der Waals surface area contributed by atoms with Gasteiger partial charge in [0.05, 0.1) is 19.4 Å². The van der Waals surface area contributed by atoms with Gasteiger partial charge >= 0.3 is 0 Å².